The molecule has 0 saturated carbocycles. The van der Waals surface area contributed by atoms with Crippen LogP contribution in [0.15, 0.2) is 66.7 Å². The smallest absolute Gasteiger partial charge is 0.229 e. The lowest BCUT2D eigenvalue weighted by molar-refractivity contribution is 0.185. The fourth-order valence-corrected chi connectivity index (χ4v) is 4.74. The van der Waals surface area contributed by atoms with Crippen molar-refractivity contribution in [2.24, 2.45) is 0 Å². The van der Waals surface area contributed by atoms with Crippen molar-refractivity contribution < 1.29 is 13.2 Å². The minimum atomic E-state index is -3.21. The van der Waals surface area contributed by atoms with Crippen LogP contribution in [0.25, 0.3) is 10.9 Å². The molecule has 4 rings (SSSR count). The molecule has 0 amide bonds. The average molecular weight is 491 g/mol. The Kier molecular flexibility index (Phi) is 7.33. The number of fused-ring (bicyclic) bond motifs is 1. The number of nitrogens with one attached hydrogen (secondary N) is 2. The summed E-state index contributed by atoms with van der Waals surface area (Å²) in [6, 6.07) is 21.4. The molecule has 0 spiro atoms. The zero-order chi connectivity index (χ0) is 25.0. The van der Waals surface area contributed by atoms with Crippen molar-refractivity contribution in [3.8, 4) is 0 Å². The van der Waals surface area contributed by atoms with Crippen LogP contribution in [-0.2, 0) is 26.9 Å². The highest BCUT2D eigenvalue weighted by Crippen LogP contribution is 2.29. The van der Waals surface area contributed by atoms with Crippen molar-refractivity contribution >= 4 is 43.9 Å². The summed E-state index contributed by atoms with van der Waals surface area (Å²) in [5, 5.41) is 7.21. The molecule has 0 aliphatic heterocycles. The predicted octanol–water partition coefficient (Wildman–Crippen LogP) is 5.90. The molecule has 0 atom stereocenters. The van der Waals surface area contributed by atoms with E-state index in [1.54, 1.807) is 21.0 Å². The third kappa shape index (κ3) is 5.78. The molecule has 1 aromatic heterocycles. The van der Waals surface area contributed by atoms with Gasteiger partial charge in [0, 0.05) is 29.4 Å². The second-order valence-corrected chi connectivity index (χ2v) is 11.3. The number of aromatic nitrogens is 2. The Hall–Kier alpha value is -3.49. The summed E-state index contributed by atoms with van der Waals surface area (Å²) in [4.78, 5) is 9.55. The second kappa shape index (κ2) is 10.4. The molecule has 0 saturated heterocycles. The van der Waals surface area contributed by atoms with Gasteiger partial charge < -0.3 is 15.4 Å². The first-order valence-electron chi connectivity index (χ1n) is 11.5. The Balaban J connectivity index is 1.72. The molecule has 3 aromatic carbocycles. The first-order valence-corrected chi connectivity index (χ1v) is 13.2. The Labute approximate surface area is 206 Å². The summed E-state index contributed by atoms with van der Waals surface area (Å²) in [5.41, 5.74) is 5.12. The van der Waals surface area contributed by atoms with Crippen molar-refractivity contribution in [3.63, 3.8) is 0 Å². The van der Waals surface area contributed by atoms with Crippen molar-refractivity contribution in [1.29, 1.82) is 0 Å². The van der Waals surface area contributed by atoms with Crippen LogP contribution >= 0.6 is 0 Å². The van der Waals surface area contributed by atoms with E-state index in [9.17, 15) is 8.42 Å². The minimum absolute atomic E-state index is 0.0154. The van der Waals surface area contributed by atoms with Crippen molar-refractivity contribution in [2.45, 2.75) is 38.4 Å². The lowest BCUT2D eigenvalue weighted by atomic mass is 10.1. The molecular weight excluding hydrogens is 460 g/mol. The van der Waals surface area contributed by atoms with E-state index in [2.05, 4.69) is 10.6 Å². The van der Waals surface area contributed by atoms with Crippen LogP contribution in [0.3, 0.4) is 0 Å². The third-order valence-corrected chi connectivity index (χ3v) is 7.94. The number of benzene rings is 3. The standard InChI is InChI=1S/C27H30N4O3S/c1-18(2)35(32,33)17-20-13-14-24(21(15-20)16-34-4)29-27-30-25-19(3)9-8-12-23(25)26(31-27)28-22-10-6-5-7-11-22/h5-15,18H,16-17H2,1-4H3,(H2,28,29,30,31). The number of rotatable bonds is 9. The van der Waals surface area contributed by atoms with E-state index in [1.807, 2.05) is 73.7 Å². The van der Waals surface area contributed by atoms with E-state index in [4.69, 9.17) is 14.7 Å². The average Bonchev–Trinajstić information content (AvgIpc) is 2.82. The number of para-hydroxylation sites is 2. The van der Waals surface area contributed by atoms with E-state index >= 15 is 0 Å². The second-order valence-electron chi connectivity index (χ2n) is 8.76. The lowest BCUT2D eigenvalue weighted by Gasteiger charge is -2.16. The number of anilines is 4. The van der Waals surface area contributed by atoms with Gasteiger partial charge in [-0.05, 0) is 56.2 Å². The monoisotopic (exact) mass is 490 g/mol. The molecule has 1 heterocycles. The zero-order valence-electron chi connectivity index (χ0n) is 20.4. The van der Waals surface area contributed by atoms with E-state index in [0.717, 1.165) is 39.0 Å². The summed E-state index contributed by atoms with van der Waals surface area (Å²) in [6.45, 7) is 5.73. The van der Waals surface area contributed by atoms with Gasteiger partial charge in [-0.1, -0.05) is 42.5 Å². The van der Waals surface area contributed by atoms with Crippen LogP contribution in [0.5, 0.6) is 0 Å². The van der Waals surface area contributed by atoms with Crippen molar-refractivity contribution in [1.82, 2.24) is 9.97 Å². The number of aryl methyl sites for hydroxylation is 1. The van der Waals surface area contributed by atoms with Gasteiger partial charge in [0.1, 0.15) is 5.82 Å². The molecule has 4 aromatic rings. The van der Waals surface area contributed by atoms with E-state index in [0.29, 0.717) is 18.4 Å². The molecule has 8 heteroatoms. The molecule has 0 bridgehead atoms. The first-order chi connectivity index (χ1) is 16.8. The van der Waals surface area contributed by atoms with Crippen LogP contribution in [0.2, 0.25) is 0 Å². The summed E-state index contributed by atoms with van der Waals surface area (Å²) in [7, 11) is -1.60. The maximum absolute atomic E-state index is 12.4. The number of hydrogen-bond acceptors (Lipinski definition) is 7. The number of sulfone groups is 1. The van der Waals surface area contributed by atoms with Gasteiger partial charge in [0.15, 0.2) is 9.84 Å². The summed E-state index contributed by atoms with van der Waals surface area (Å²) in [6.07, 6.45) is 0. The van der Waals surface area contributed by atoms with Gasteiger partial charge in [0.05, 0.1) is 23.1 Å². The fourth-order valence-electron chi connectivity index (χ4n) is 3.76. The number of ether oxygens (including phenoxy) is 1. The normalized spacial score (nSPS) is 11.7. The largest absolute Gasteiger partial charge is 0.380 e. The van der Waals surface area contributed by atoms with Crippen molar-refractivity contribution in [2.75, 3.05) is 17.7 Å². The molecule has 0 aliphatic rings. The summed E-state index contributed by atoms with van der Waals surface area (Å²) < 4.78 is 30.2. The third-order valence-electron chi connectivity index (χ3n) is 5.77. The highest BCUT2D eigenvalue weighted by molar-refractivity contribution is 7.91. The van der Waals surface area contributed by atoms with E-state index in [-0.39, 0.29) is 5.75 Å². The van der Waals surface area contributed by atoms with Crippen molar-refractivity contribution in [3.05, 3.63) is 83.4 Å². The molecule has 0 aliphatic carbocycles. The van der Waals surface area contributed by atoms with Crippen LogP contribution in [0, 0.1) is 6.92 Å². The van der Waals surface area contributed by atoms with Gasteiger partial charge in [-0.3, -0.25) is 0 Å². The molecule has 2 N–H and O–H groups in total. The Morgan fingerprint density at radius 3 is 2.43 bits per heavy atom. The first kappa shape index (κ1) is 24.6. The van der Waals surface area contributed by atoms with Crippen LogP contribution in [0.4, 0.5) is 23.1 Å². The fraction of sp³-hybridized carbons (Fsp3) is 0.259. The molecule has 7 nitrogen and oxygen atoms in total. The molecule has 35 heavy (non-hydrogen) atoms. The van der Waals surface area contributed by atoms with E-state index in [1.165, 1.54) is 0 Å². The van der Waals surface area contributed by atoms with Crippen LogP contribution in [0.1, 0.15) is 30.5 Å². The number of hydrogen-bond donors (Lipinski definition) is 2. The van der Waals surface area contributed by atoms with Gasteiger partial charge in [0.25, 0.3) is 0 Å². The zero-order valence-corrected chi connectivity index (χ0v) is 21.2. The Morgan fingerprint density at radius 2 is 1.71 bits per heavy atom. The number of methoxy groups -OCH3 is 1. The molecule has 0 radical (unpaired) electrons. The lowest BCUT2D eigenvalue weighted by Crippen LogP contribution is -2.16. The van der Waals surface area contributed by atoms with Gasteiger partial charge in [-0.15, -0.1) is 0 Å². The SMILES string of the molecule is COCc1cc(CS(=O)(=O)C(C)C)ccc1Nc1nc(Nc2ccccc2)c2cccc(C)c2n1. The van der Waals surface area contributed by atoms with Gasteiger partial charge >= 0.3 is 0 Å². The molecule has 0 unspecified atom stereocenters. The predicted molar refractivity (Wildman–Crippen MR) is 142 cm³/mol. The van der Waals surface area contributed by atoms with Crippen LogP contribution in [-0.4, -0.2) is 30.7 Å². The Bertz CT molecular complexity index is 1440. The quantitative estimate of drug-likeness (QED) is 0.302. The highest BCUT2D eigenvalue weighted by atomic mass is 32.2. The van der Waals surface area contributed by atoms with Crippen LogP contribution < -0.4 is 10.6 Å². The highest BCUT2D eigenvalue weighted by Gasteiger charge is 2.18. The molecular formula is C27H30N4O3S. The minimum Gasteiger partial charge on any atom is -0.380 e. The molecule has 0 fully saturated rings. The van der Waals surface area contributed by atoms with E-state index < -0.39 is 15.1 Å². The van der Waals surface area contributed by atoms with Gasteiger partial charge in [-0.25, -0.2) is 13.4 Å². The maximum atomic E-state index is 12.4. The maximum Gasteiger partial charge on any atom is 0.229 e. The van der Waals surface area contributed by atoms with Gasteiger partial charge in [0.2, 0.25) is 5.95 Å². The summed E-state index contributed by atoms with van der Waals surface area (Å²) >= 11 is 0. The Morgan fingerprint density at radius 1 is 0.943 bits per heavy atom. The summed E-state index contributed by atoms with van der Waals surface area (Å²) in [5.74, 6) is 1.11. The molecule has 182 valence electrons. The number of nitrogens with zero attached hydrogens (tertiary/aromatic N) is 2. The topological polar surface area (TPSA) is 93.2 Å². The van der Waals surface area contributed by atoms with Gasteiger partial charge in [-0.2, -0.15) is 4.98 Å².